The Labute approximate surface area is 226 Å². The van der Waals surface area contributed by atoms with Crippen molar-refractivity contribution in [2.24, 2.45) is 5.41 Å². The highest BCUT2D eigenvalue weighted by Gasteiger charge is 2.80. The van der Waals surface area contributed by atoms with Gasteiger partial charge in [-0.05, 0) is 35.2 Å². The van der Waals surface area contributed by atoms with Crippen LogP contribution < -0.4 is 4.74 Å². The SMILES string of the molecule is O=C1c2ccccc2C(=O)C12N1Cc3ccccc3C[C@@H]1[C@@H](c1ccccc1)[C@@]21COc2ccccc2C1=O. The number of hydrogen-bond donors (Lipinski definition) is 0. The lowest BCUT2D eigenvalue weighted by molar-refractivity contribution is 0.00487. The third-order valence-corrected chi connectivity index (χ3v) is 9.51. The monoisotopic (exact) mass is 511 g/mol. The van der Waals surface area contributed by atoms with Gasteiger partial charge in [0.2, 0.25) is 0 Å². The fourth-order valence-electron chi connectivity index (χ4n) is 8.00. The van der Waals surface area contributed by atoms with Crippen molar-refractivity contribution in [3.63, 3.8) is 0 Å². The first-order chi connectivity index (χ1) is 19.1. The van der Waals surface area contributed by atoms with Crippen LogP contribution in [0.1, 0.15) is 53.7 Å². The maximum absolute atomic E-state index is 15.0. The molecule has 0 saturated carbocycles. The predicted molar refractivity (Wildman–Crippen MR) is 145 cm³/mol. The van der Waals surface area contributed by atoms with Gasteiger partial charge in [-0.3, -0.25) is 19.3 Å². The van der Waals surface area contributed by atoms with Gasteiger partial charge in [0, 0.05) is 29.6 Å². The van der Waals surface area contributed by atoms with Gasteiger partial charge in [-0.25, -0.2) is 0 Å². The van der Waals surface area contributed by atoms with Gasteiger partial charge < -0.3 is 4.74 Å². The molecule has 5 nitrogen and oxygen atoms in total. The Kier molecular flexibility index (Phi) is 4.55. The summed E-state index contributed by atoms with van der Waals surface area (Å²) in [7, 11) is 0. The first-order valence-electron chi connectivity index (χ1n) is 13.4. The fraction of sp³-hybridized carbons (Fsp3) is 0.206. The quantitative estimate of drug-likeness (QED) is 0.325. The lowest BCUT2D eigenvalue weighted by atomic mass is 9.56. The minimum atomic E-state index is -1.71. The van der Waals surface area contributed by atoms with Crippen molar-refractivity contribution in [1.29, 1.82) is 0 Å². The number of carbonyl (C=O) groups excluding carboxylic acids is 3. The van der Waals surface area contributed by atoms with E-state index in [1.165, 1.54) is 5.56 Å². The summed E-state index contributed by atoms with van der Waals surface area (Å²) < 4.78 is 6.40. The van der Waals surface area contributed by atoms with Crippen LogP contribution >= 0.6 is 0 Å². The Hall–Kier alpha value is -4.35. The summed E-state index contributed by atoms with van der Waals surface area (Å²) in [5.41, 5.74) is 1.27. The van der Waals surface area contributed by atoms with E-state index in [-0.39, 0.29) is 30.0 Å². The molecule has 3 aliphatic heterocycles. The van der Waals surface area contributed by atoms with Gasteiger partial charge in [0.1, 0.15) is 17.8 Å². The summed E-state index contributed by atoms with van der Waals surface area (Å²) >= 11 is 0. The van der Waals surface area contributed by atoms with E-state index in [9.17, 15) is 9.59 Å². The molecule has 0 amide bonds. The van der Waals surface area contributed by atoms with E-state index >= 15 is 4.79 Å². The highest BCUT2D eigenvalue weighted by molar-refractivity contribution is 6.36. The van der Waals surface area contributed by atoms with Gasteiger partial charge in [-0.2, -0.15) is 0 Å². The predicted octanol–water partition coefficient (Wildman–Crippen LogP) is 5.29. The minimum Gasteiger partial charge on any atom is -0.492 e. The van der Waals surface area contributed by atoms with Crippen LogP contribution in [0.15, 0.2) is 103 Å². The second-order valence-corrected chi connectivity index (χ2v) is 11.1. The zero-order valence-electron chi connectivity index (χ0n) is 21.2. The van der Waals surface area contributed by atoms with Gasteiger partial charge in [0.05, 0.1) is 5.56 Å². The summed E-state index contributed by atoms with van der Waals surface area (Å²) in [5, 5.41) is 0. The second kappa shape index (κ2) is 7.84. The molecule has 0 N–H and O–H groups in total. The Bertz CT molecular complexity index is 1670. The topological polar surface area (TPSA) is 63.7 Å². The number of para-hydroxylation sites is 1. The molecule has 8 rings (SSSR count). The molecule has 1 saturated heterocycles. The number of benzene rings is 4. The van der Waals surface area contributed by atoms with Gasteiger partial charge in [-0.1, -0.05) is 91.0 Å². The van der Waals surface area contributed by atoms with Crippen LogP contribution in [0.3, 0.4) is 0 Å². The molecule has 4 aromatic carbocycles. The highest BCUT2D eigenvalue weighted by Crippen LogP contribution is 2.65. The molecule has 190 valence electrons. The molecule has 3 atom stereocenters. The molecular formula is C34H25NO4. The van der Waals surface area contributed by atoms with E-state index in [0.717, 1.165) is 11.1 Å². The molecule has 1 fully saturated rings. The zero-order valence-corrected chi connectivity index (χ0v) is 21.2. The molecule has 5 heteroatoms. The van der Waals surface area contributed by atoms with E-state index in [4.69, 9.17) is 4.74 Å². The van der Waals surface area contributed by atoms with E-state index in [2.05, 4.69) is 17.0 Å². The van der Waals surface area contributed by atoms with Crippen LogP contribution in [-0.2, 0) is 13.0 Å². The maximum Gasteiger partial charge on any atom is 0.193 e. The average molecular weight is 512 g/mol. The standard InChI is InChI=1S/C34H25NO4/c36-30-26-16-8-9-17-28(26)39-20-33(30)29(21-10-2-1-3-11-21)27-18-22-12-4-5-13-23(22)19-35(27)34(33)31(37)24-14-6-7-15-25(24)32(34)38/h1-17,27,29H,18-20H2/t27-,29-,33-/m1/s1. The normalized spacial score (nSPS) is 26.2. The van der Waals surface area contributed by atoms with Crippen LogP contribution in [-0.4, -0.2) is 40.4 Å². The Morgan fingerprint density at radius 3 is 1.95 bits per heavy atom. The van der Waals surface area contributed by atoms with Crippen molar-refractivity contribution < 1.29 is 19.1 Å². The number of carbonyl (C=O) groups is 3. The van der Waals surface area contributed by atoms with Crippen LogP contribution in [0.2, 0.25) is 0 Å². The summed E-state index contributed by atoms with van der Waals surface area (Å²) in [5.74, 6) is -0.704. The van der Waals surface area contributed by atoms with E-state index in [1.807, 2.05) is 54.6 Å². The summed E-state index contributed by atoms with van der Waals surface area (Å²) in [6.45, 7) is 0.365. The summed E-state index contributed by atoms with van der Waals surface area (Å²) in [4.78, 5) is 46.8. The van der Waals surface area contributed by atoms with Crippen LogP contribution in [0.5, 0.6) is 5.75 Å². The van der Waals surface area contributed by atoms with E-state index in [0.29, 0.717) is 35.4 Å². The molecule has 39 heavy (non-hydrogen) atoms. The number of hydrogen-bond acceptors (Lipinski definition) is 5. The van der Waals surface area contributed by atoms with Gasteiger partial charge in [-0.15, -0.1) is 0 Å². The Morgan fingerprint density at radius 2 is 1.23 bits per heavy atom. The number of Topliss-reactive ketones (excluding diaryl/α,β-unsaturated/α-hetero) is 3. The first kappa shape index (κ1) is 22.6. The lowest BCUT2D eigenvalue weighted by Crippen LogP contribution is -2.68. The maximum atomic E-state index is 15.0. The number of fused-ring (bicyclic) bond motifs is 6. The van der Waals surface area contributed by atoms with Gasteiger partial charge in [0.25, 0.3) is 0 Å². The smallest absolute Gasteiger partial charge is 0.193 e. The number of nitrogens with zero attached hydrogens (tertiary/aromatic N) is 1. The fourth-order valence-corrected chi connectivity index (χ4v) is 8.00. The zero-order chi connectivity index (χ0) is 26.4. The van der Waals surface area contributed by atoms with Crippen LogP contribution in [0.4, 0.5) is 0 Å². The third kappa shape index (κ3) is 2.61. The summed E-state index contributed by atoms with van der Waals surface area (Å²) in [6, 6.07) is 32.1. The molecule has 4 aromatic rings. The number of rotatable bonds is 1. The number of ether oxygens (including phenoxy) is 1. The van der Waals surface area contributed by atoms with Crippen LogP contribution in [0, 0.1) is 5.41 Å². The van der Waals surface area contributed by atoms with E-state index in [1.54, 1.807) is 36.4 Å². The van der Waals surface area contributed by atoms with Crippen molar-refractivity contribution in [2.45, 2.75) is 30.5 Å². The molecule has 3 heterocycles. The summed E-state index contributed by atoms with van der Waals surface area (Å²) in [6.07, 6.45) is 0.630. The lowest BCUT2D eigenvalue weighted by Gasteiger charge is -2.47. The van der Waals surface area contributed by atoms with Crippen LogP contribution in [0.25, 0.3) is 0 Å². The first-order valence-corrected chi connectivity index (χ1v) is 13.4. The highest BCUT2D eigenvalue weighted by atomic mass is 16.5. The van der Waals surface area contributed by atoms with E-state index < -0.39 is 16.9 Å². The molecule has 0 bridgehead atoms. The Balaban J connectivity index is 1.48. The van der Waals surface area contributed by atoms with Crippen molar-refractivity contribution >= 4 is 17.3 Å². The average Bonchev–Trinajstić information content (AvgIpc) is 3.37. The van der Waals surface area contributed by atoms with Crippen molar-refractivity contribution in [3.05, 3.63) is 137 Å². The molecule has 1 aliphatic carbocycles. The molecular weight excluding hydrogens is 486 g/mol. The molecule has 0 unspecified atom stereocenters. The molecule has 0 radical (unpaired) electrons. The third-order valence-electron chi connectivity index (χ3n) is 9.51. The minimum absolute atomic E-state index is 0.0444. The molecule has 2 spiro atoms. The number of ketones is 3. The van der Waals surface area contributed by atoms with Gasteiger partial charge >= 0.3 is 0 Å². The Morgan fingerprint density at radius 1 is 0.641 bits per heavy atom. The molecule has 4 aliphatic rings. The second-order valence-electron chi connectivity index (χ2n) is 11.1. The van der Waals surface area contributed by atoms with Crippen molar-refractivity contribution in [1.82, 2.24) is 4.90 Å². The van der Waals surface area contributed by atoms with Crippen molar-refractivity contribution in [3.8, 4) is 5.75 Å². The van der Waals surface area contributed by atoms with Gasteiger partial charge in [0.15, 0.2) is 22.9 Å². The largest absolute Gasteiger partial charge is 0.492 e. The van der Waals surface area contributed by atoms with Crippen molar-refractivity contribution in [2.75, 3.05) is 6.61 Å². The molecule has 0 aromatic heterocycles.